The van der Waals surface area contributed by atoms with Crippen LogP contribution in [-0.2, 0) is 4.79 Å². The normalized spacial score (nSPS) is 22.0. The highest BCUT2D eigenvalue weighted by atomic mass is 16.6. The van der Waals surface area contributed by atoms with Crippen molar-refractivity contribution >= 4 is 17.5 Å². The zero-order chi connectivity index (χ0) is 20.1. The number of amides is 2. The van der Waals surface area contributed by atoms with Crippen LogP contribution in [0.25, 0.3) is 0 Å². The van der Waals surface area contributed by atoms with E-state index in [1.165, 1.54) is 25.3 Å². The lowest BCUT2D eigenvalue weighted by molar-refractivity contribution is -0.384. The van der Waals surface area contributed by atoms with Gasteiger partial charge in [0.25, 0.3) is 11.6 Å². The number of nitro benzene ring substituents is 1. The molecule has 2 saturated heterocycles. The molecular formula is C19H26N4O5. The first kappa shape index (κ1) is 20.1. The third kappa shape index (κ3) is 4.59. The molecule has 0 saturated carbocycles. The van der Waals surface area contributed by atoms with Gasteiger partial charge in [0.2, 0.25) is 5.91 Å². The Labute approximate surface area is 163 Å². The minimum absolute atomic E-state index is 0.0151. The Kier molecular flexibility index (Phi) is 6.45. The molecule has 2 fully saturated rings. The highest BCUT2D eigenvalue weighted by molar-refractivity contribution is 5.97. The van der Waals surface area contributed by atoms with E-state index >= 15 is 0 Å². The molecule has 0 bridgehead atoms. The number of benzene rings is 1. The van der Waals surface area contributed by atoms with E-state index in [1.54, 1.807) is 4.90 Å². The van der Waals surface area contributed by atoms with Crippen molar-refractivity contribution in [1.29, 1.82) is 0 Å². The minimum atomic E-state index is -0.526. The molecule has 152 valence electrons. The molecule has 2 N–H and O–H groups in total. The van der Waals surface area contributed by atoms with E-state index in [1.807, 2.05) is 0 Å². The van der Waals surface area contributed by atoms with Crippen molar-refractivity contribution in [3.8, 4) is 5.75 Å². The Morgan fingerprint density at radius 1 is 1.36 bits per heavy atom. The lowest BCUT2D eigenvalue weighted by Crippen LogP contribution is -2.46. The Morgan fingerprint density at radius 2 is 2.18 bits per heavy atom. The number of nitrogens with one attached hydrogen (secondary N) is 2. The number of carbonyl (C=O) groups is 2. The number of hydrogen-bond donors (Lipinski definition) is 2. The summed E-state index contributed by atoms with van der Waals surface area (Å²) >= 11 is 0. The fourth-order valence-corrected chi connectivity index (χ4v) is 3.84. The van der Waals surface area contributed by atoms with Crippen molar-refractivity contribution in [2.75, 3.05) is 33.3 Å². The second-order valence-electron chi connectivity index (χ2n) is 7.30. The summed E-state index contributed by atoms with van der Waals surface area (Å²) in [4.78, 5) is 37.4. The van der Waals surface area contributed by atoms with Gasteiger partial charge in [-0.05, 0) is 44.2 Å². The zero-order valence-electron chi connectivity index (χ0n) is 16.0. The van der Waals surface area contributed by atoms with E-state index in [0.29, 0.717) is 25.4 Å². The number of hydrogen-bond acceptors (Lipinski definition) is 6. The van der Waals surface area contributed by atoms with Gasteiger partial charge in [0.05, 0.1) is 23.6 Å². The smallest absolute Gasteiger partial charge is 0.270 e. The molecule has 1 aromatic carbocycles. The number of non-ortho nitro benzene ring substituents is 1. The number of piperidine rings is 1. The summed E-state index contributed by atoms with van der Waals surface area (Å²) < 4.78 is 5.22. The van der Waals surface area contributed by atoms with Crippen LogP contribution < -0.4 is 15.4 Å². The molecule has 0 spiro atoms. The predicted octanol–water partition coefficient (Wildman–Crippen LogP) is 1.32. The fraction of sp³-hybridized carbons (Fsp3) is 0.579. The van der Waals surface area contributed by atoms with Crippen LogP contribution in [0.1, 0.15) is 36.0 Å². The lowest BCUT2D eigenvalue weighted by Gasteiger charge is -2.33. The van der Waals surface area contributed by atoms with Gasteiger partial charge in [0.1, 0.15) is 5.75 Å². The van der Waals surface area contributed by atoms with Crippen molar-refractivity contribution in [1.82, 2.24) is 15.5 Å². The summed E-state index contributed by atoms with van der Waals surface area (Å²) in [6.45, 7) is 2.48. The maximum Gasteiger partial charge on any atom is 0.270 e. The van der Waals surface area contributed by atoms with E-state index in [0.717, 1.165) is 32.2 Å². The van der Waals surface area contributed by atoms with Crippen molar-refractivity contribution in [2.45, 2.75) is 31.7 Å². The van der Waals surface area contributed by atoms with Crippen molar-refractivity contribution in [3.63, 3.8) is 0 Å². The SMILES string of the molecule is COc1ccc([N+](=O)[O-])cc1C(=O)N1CCCC(CNC(=O)C2CCCN2)C1. The quantitative estimate of drug-likeness (QED) is 0.559. The Morgan fingerprint density at radius 3 is 2.86 bits per heavy atom. The van der Waals surface area contributed by atoms with E-state index in [4.69, 9.17) is 4.74 Å². The topological polar surface area (TPSA) is 114 Å². The molecule has 2 heterocycles. The van der Waals surface area contributed by atoms with Gasteiger partial charge in [-0.15, -0.1) is 0 Å². The van der Waals surface area contributed by atoms with Crippen molar-refractivity contribution in [2.24, 2.45) is 5.92 Å². The van der Waals surface area contributed by atoms with Crippen LogP contribution in [0.4, 0.5) is 5.69 Å². The van der Waals surface area contributed by atoms with Crippen LogP contribution in [-0.4, -0.2) is 61.0 Å². The average molecular weight is 390 g/mol. The molecule has 2 amide bonds. The zero-order valence-corrected chi connectivity index (χ0v) is 16.0. The van der Waals surface area contributed by atoms with Gasteiger partial charge in [0.15, 0.2) is 0 Å². The molecular weight excluding hydrogens is 364 g/mol. The molecule has 0 aromatic heterocycles. The fourth-order valence-electron chi connectivity index (χ4n) is 3.84. The Balaban J connectivity index is 1.63. The molecule has 2 unspecified atom stereocenters. The molecule has 0 aliphatic carbocycles. The summed E-state index contributed by atoms with van der Waals surface area (Å²) in [6, 6.07) is 3.91. The average Bonchev–Trinajstić information content (AvgIpc) is 3.26. The van der Waals surface area contributed by atoms with Gasteiger partial charge in [-0.3, -0.25) is 19.7 Å². The summed E-state index contributed by atoms with van der Waals surface area (Å²) in [6.07, 6.45) is 3.61. The highest BCUT2D eigenvalue weighted by Crippen LogP contribution is 2.27. The third-order valence-corrected chi connectivity index (χ3v) is 5.37. The largest absolute Gasteiger partial charge is 0.496 e. The maximum absolute atomic E-state index is 13.0. The number of nitrogens with zero attached hydrogens (tertiary/aromatic N) is 2. The van der Waals surface area contributed by atoms with Crippen LogP contribution in [0, 0.1) is 16.0 Å². The molecule has 2 atom stereocenters. The molecule has 28 heavy (non-hydrogen) atoms. The molecule has 9 nitrogen and oxygen atoms in total. The number of methoxy groups -OCH3 is 1. The third-order valence-electron chi connectivity index (χ3n) is 5.37. The predicted molar refractivity (Wildman–Crippen MR) is 102 cm³/mol. The van der Waals surface area contributed by atoms with Crippen LogP contribution in [0.2, 0.25) is 0 Å². The molecule has 9 heteroatoms. The Hall–Kier alpha value is -2.68. The van der Waals surface area contributed by atoms with Gasteiger partial charge in [0, 0.05) is 31.8 Å². The Bertz CT molecular complexity index is 748. The summed E-state index contributed by atoms with van der Waals surface area (Å²) in [5.41, 5.74) is 0.0468. The second kappa shape index (κ2) is 9.01. The van der Waals surface area contributed by atoms with Gasteiger partial charge < -0.3 is 20.3 Å². The second-order valence-corrected chi connectivity index (χ2v) is 7.30. The van der Waals surface area contributed by atoms with E-state index in [2.05, 4.69) is 10.6 Å². The highest BCUT2D eigenvalue weighted by Gasteiger charge is 2.29. The van der Waals surface area contributed by atoms with Crippen LogP contribution >= 0.6 is 0 Å². The van der Waals surface area contributed by atoms with E-state index < -0.39 is 4.92 Å². The molecule has 3 rings (SSSR count). The number of likely N-dealkylation sites (tertiary alicyclic amines) is 1. The molecule has 2 aliphatic rings. The molecule has 0 radical (unpaired) electrons. The van der Waals surface area contributed by atoms with Crippen LogP contribution in [0.3, 0.4) is 0 Å². The number of nitro groups is 1. The van der Waals surface area contributed by atoms with Gasteiger partial charge in [-0.25, -0.2) is 0 Å². The van der Waals surface area contributed by atoms with Crippen LogP contribution in [0.15, 0.2) is 18.2 Å². The van der Waals surface area contributed by atoms with Gasteiger partial charge in [-0.2, -0.15) is 0 Å². The van der Waals surface area contributed by atoms with Gasteiger partial charge >= 0.3 is 0 Å². The summed E-state index contributed by atoms with van der Waals surface area (Å²) in [5, 5.41) is 17.2. The first-order chi connectivity index (χ1) is 13.5. The first-order valence-electron chi connectivity index (χ1n) is 9.62. The lowest BCUT2D eigenvalue weighted by atomic mass is 9.97. The maximum atomic E-state index is 13.0. The standard InChI is InChI=1S/C19H26N4O5/c1-28-17-7-6-14(23(26)27)10-15(17)19(25)22-9-3-4-13(12-22)11-21-18(24)16-5-2-8-20-16/h6-7,10,13,16,20H,2-5,8-9,11-12H2,1H3,(H,21,24). The number of rotatable bonds is 6. The molecule has 2 aliphatic heterocycles. The number of carbonyl (C=O) groups excluding carboxylic acids is 2. The number of ether oxygens (including phenoxy) is 1. The van der Waals surface area contributed by atoms with Crippen molar-refractivity contribution < 1.29 is 19.2 Å². The van der Waals surface area contributed by atoms with E-state index in [-0.39, 0.29) is 35.0 Å². The van der Waals surface area contributed by atoms with E-state index in [9.17, 15) is 19.7 Å². The van der Waals surface area contributed by atoms with Crippen LogP contribution in [0.5, 0.6) is 5.75 Å². The summed E-state index contributed by atoms with van der Waals surface area (Å²) in [7, 11) is 1.43. The first-order valence-corrected chi connectivity index (χ1v) is 9.62. The molecule has 1 aromatic rings. The van der Waals surface area contributed by atoms with Gasteiger partial charge in [-0.1, -0.05) is 0 Å². The minimum Gasteiger partial charge on any atom is -0.496 e. The monoisotopic (exact) mass is 390 g/mol. The van der Waals surface area contributed by atoms with Crippen molar-refractivity contribution in [3.05, 3.63) is 33.9 Å². The summed E-state index contributed by atoms with van der Waals surface area (Å²) in [5.74, 6) is 0.210.